The van der Waals surface area contributed by atoms with Gasteiger partial charge in [-0.05, 0) is 50.5 Å². The molecule has 0 spiro atoms. The van der Waals surface area contributed by atoms with Gasteiger partial charge >= 0.3 is 0 Å². The maximum absolute atomic E-state index is 13.4. The molecule has 4 rings (SSSR count). The lowest BCUT2D eigenvalue weighted by Gasteiger charge is -2.20. The van der Waals surface area contributed by atoms with Gasteiger partial charge in [0, 0.05) is 23.7 Å². The second kappa shape index (κ2) is 8.39. The third kappa shape index (κ3) is 4.11. The molecule has 0 unspecified atom stereocenters. The van der Waals surface area contributed by atoms with Gasteiger partial charge in [-0.2, -0.15) is 0 Å². The molecule has 0 aliphatic heterocycles. The lowest BCUT2D eigenvalue weighted by atomic mass is 10.1. The van der Waals surface area contributed by atoms with Gasteiger partial charge in [0.05, 0.1) is 23.1 Å². The molecule has 0 atom stereocenters. The predicted molar refractivity (Wildman–Crippen MR) is 122 cm³/mol. The highest BCUT2D eigenvalue weighted by Crippen LogP contribution is 2.33. The molecule has 31 heavy (non-hydrogen) atoms. The van der Waals surface area contributed by atoms with Crippen molar-refractivity contribution in [1.82, 2.24) is 19.5 Å². The SMILES string of the molecule is Cc1ncn(CC(=O)N(Cc2cccnc2)c2nc3c(C)ccc(C)c3s2)c(=O)c1C. The zero-order valence-electron chi connectivity index (χ0n) is 17.9. The first-order chi connectivity index (χ1) is 14.8. The van der Waals surface area contributed by atoms with Crippen LogP contribution < -0.4 is 10.5 Å². The van der Waals surface area contributed by atoms with Crippen LogP contribution in [0.25, 0.3) is 10.2 Å². The van der Waals surface area contributed by atoms with Gasteiger partial charge in [-0.1, -0.05) is 29.5 Å². The van der Waals surface area contributed by atoms with Crippen molar-refractivity contribution in [1.29, 1.82) is 0 Å². The lowest BCUT2D eigenvalue weighted by molar-refractivity contribution is -0.119. The minimum atomic E-state index is -0.231. The van der Waals surface area contributed by atoms with Gasteiger partial charge in [0.2, 0.25) is 5.91 Å². The number of thiazole rings is 1. The number of benzene rings is 1. The highest BCUT2D eigenvalue weighted by molar-refractivity contribution is 7.22. The summed E-state index contributed by atoms with van der Waals surface area (Å²) in [5.74, 6) is -0.231. The second-order valence-electron chi connectivity index (χ2n) is 7.60. The normalized spacial score (nSPS) is 11.1. The van der Waals surface area contributed by atoms with E-state index >= 15 is 0 Å². The molecule has 0 fully saturated rings. The zero-order valence-corrected chi connectivity index (χ0v) is 18.7. The first kappa shape index (κ1) is 20.9. The Morgan fingerprint density at radius 3 is 2.61 bits per heavy atom. The molecule has 0 radical (unpaired) electrons. The lowest BCUT2D eigenvalue weighted by Crippen LogP contribution is -2.37. The van der Waals surface area contributed by atoms with Crippen molar-refractivity contribution in [3.8, 4) is 0 Å². The van der Waals surface area contributed by atoms with Crippen LogP contribution in [0.3, 0.4) is 0 Å². The summed E-state index contributed by atoms with van der Waals surface area (Å²) in [5.41, 5.74) is 4.96. The molecule has 0 saturated heterocycles. The molecule has 1 amide bonds. The quantitative estimate of drug-likeness (QED) is 0.479. The van der Waals surface area contributed by atoms with Gasteiger partial charge in [-0.25, -0.2) is 9.97 Å². The van der Waals surface area contributed by atoms with Gasteiger partial charge < -0.3 is 0 Å². The first-order valence-corrected chi connectivity index (χ1v) is 10.8. The van der Waals surface area contributed by atoms with Gasteiger partial charge in [0.1, 0.15) is 6.54 Å². The molecule has 158 valence electrons. The first-order valence-electron chi connectivity index (χ1n) is 9.94. The van der Waals surface area contributed by atoms with Gasteiger partial charge in [-0.3, -0.25) is 24.0 Å². The van der Waals surface area contributed by atoms with Crippen molar-refractivity contribution >= 4 is 32.6 Å². The molecule has 1 aromatic carbocycles. The summed E-state index contributed by atoms with van der Waals surface area (Å²) in [5, 5.41) is 0.603. The van der Waals surface area contributed by atoms with Crippen molar-refractivity contribution < 1.29 is 4.79 Å². The molecular weight excluding hydrogens is 410 g/mol. The third-order valence-electron chi connectivity index (χ3n) is 5.35. The summed E-state index contributed by atoms with van der Waals surface area (Å²) in [7, 11) is 0. The number of rotatable bonds is 5. The Labute approximate surface area is 184 Å². The molecule has 3 aromatic heterocycles. The fraction of sp³-hybridized carbons (Fsp3) is 0.261. The highest BCUT2D eigenvalue weighted by Gasteiger charge is 2.22. The molecule has 0 bridgehead atoms. The fourth-order valence-corrected chi connectivity index (χ4v) is 4.45. The minimum absolute atomic E-state index is 0.110. The molecule has 0 aliphatic carbocycles. The summed E-state index contributed by atoms with van der Waals surface area (Å²) in [4.78, 5) is 40.8. The van der Waals surface area contributed by atoms with Crippen LogP contribution >= 0.6 is 11.3 Å². The number of carbonyl (C=O) groups is 1. The van der Waals surface area contributed by atoms with Gasteiger partial charge in [-0.15, -0.1) is 0 Å². The highest BCUT2D eigenvalue weighted by atomic mass is 32.1. The average molecular weight is 434 g/mol. The predicted octanol–water partition coefficient (Wildman–Crippen LogP) is 3.72. The van der Waals surface area contributed by atoms with Gasteiger partial charge in [0.15, 0.2) is 5.13 Å². The molecule has 3 heterocycles. The number of amides is 1. The van der Waals surface area contributed by atoms with Crippen molar-refractivity contribution in [3.05, 3.63) is 81.3 Å². The topological polar surface area (TPSA) is 81.0 Å². The Bertz CT molecular complexity index is 1290. The summed E-state index contributed by atoms with van der Waals surface area (Å²) in [6.45, 7) is 7.76. The number of aryl methyl sites for hydroxylation is 3. The number of carbonyl (C=O) groups excluding carboxylic acids is 1. The molecule has 0 saturated carbocycles. The average Bonchev–Trinajstić information content (AvgIpc) is 3.22. The number of hydrogen-bond donors (Lipinski definition) is 0. The summed E-state index contributed by atoms with van der Waals surface area (Å²) < 4.78 is 2.41. The summed E-state index contributed by atoms with van der Waals surface area (Å²) >= 11 is 1.48. The monoisotopic (exact) mass is 433 g/mol. The number of anilines is 1. The minimum Gasteiger partial charge on any atom is -0.289 e. The van der Waals surface area contributed by atoms with E-state index in [0.717, 1.165) is 26.9 Å². The van der Waals surface area contributed by atoms with Crippen LogP contribution in [-0.2, 0) is 17.9 Å². The number of pyridine rings is 1. The van der Waals surface area contributed by atoms with Crippen LogP contribution in [-0.4, -0.2) is 25.4 Å². The van der Waals surface area contributed by atoms with Crippen LogP contribution in [0.15, 0.2) is 47.8 Å². The fourth-order valence-electron chi connectivity index (χ4n) is 3.32. The summed E-state index contributed by atoms with van der Waals surface area (Å²) in [6, 6.07) is 7.85. The Morgan fingerprint density at radius 2 is 1.90 bits per heavy atom. The van der Waals surface area contributed by atoms with Crippen molar-refractivity contribution in [2.45, 2.75) is 40.8 Å². The Balaban J connectivity index is 1.75. The van der Waals surface area contributed by atoms with E-state index in [9.17, 15) is 9.59 Å². The zero-order chi connectivity index (χ0) is 22.1. The molecule has 4 aromatic rings. The second-order valence-corrected chi connectivity index (χ2v) is 8.58. The standard InChI is InChI=1S/C23H23N5O2S/c1-14-7-8-15(2)21-20(14)26-23(31-21)28(11-18-6-5-9-24-10-18)19(29)12-27-13-25-17(4)16(3)22(27)30/h5-10,13H,11-12H2,1-4H3. The molecule has 8 heteroatoms. The third-order valence-corrected chi connectivity index (χ3v) is 6.56. The van der Waals surface area contributed by atoms with Crippen LogP contribution in [0.4, 0.5) is 5.13 Å². The van der Waals surface area contributed by atoms with E-state index in [4.69, 9.17) is 4.98 Å². The molecule has 7 nitrogen and oxygen atoms in total. The van der Waals surface area contributed by atoms with Crippen LogP contribution in [0.1, 0.15) is 27.9 Å². The van der Waals surface area contributed by atoms with E-state index in [1.807, 2.05) is 32.0 Å². The Hall–Kier alpha value is -3.39. The van der Waals surface area contributed by atoms with Crippen molar-refractivity contribution in [3.63, 3.8) is 0 Å². The Morgan fingerprint density at radius 1 is 1.13 bits per heavy atom. The largest absolute Gasteiger partial charge is 0.289 e. The molecule has 0 N–H and O–H groups in total. The van der Waals surface area contributed by atoms with Crippen LogP contribution in [0.5, 0.6) is 0 Å². The van der Waals surface area contributed by atoms with Crippen LogP contribution in [0, 0.1) is 27.7 Å². The van der Waals surface area contributed by atoms with Crippen molar-refractivity contribution in [2.75, 3.05) is 4.90 Å². The van der Waals surface area contributed by atoms with E-state index in [1.54, 1.807) is 31.1 Å². The van der Waals surface area contributed by atoms with E-state index in [-0.39, 0.29) is 18.0 Å². The number of fused-ring (bicyclic) bond motifs is 1. The van der Waals surface area contributed by atoms with E-state index < -0.39 is 0 Å². The number of aromatic nitrogens is 4. The van der Waals surface area contributed by atoms with E-state index in [0.29, 0.717) is 22.9 Å². The smallest absolute Gasteiger partial charge is 0.256 e. The maximum Gasteiger partial charge on any atom is 0.256 e. The summed E-state index contributed by atoms with van der Waals surface area (Å²) in [6.07, 6.45) is 4.85. The molecular formula is C23H23N5O2S. The Kier molecular flexibility index (Phi) is 5.65. The maximum atomic E-state index is 13.4. The van der Waals surface area contributed by atoms with E-state index in [2.05, 4.69) is 16.0 Å². The van der Waals surface area contributed by atoms with E-state index in [1.165, 1.54) is 22.2 Å². The number of nitrogens with zero attached hydrogens (tertiary/aromatic N) is 5. The van der Waals surface area contributed by atoms with Crippen LogP contribution in [0.2, 0.25) is 0 Å². The number of hydrogen-bond acceptors (Lipinski definition) is 6. The van der Waals surface area contributed by atoms with Crippen molar-refractivity contribution in [2.24, 2.45) is 0 Å². The molecule has 0 aliphatic rings. The van der Waals surface area contributed by atoms with Gasteiger partial charge in [0.25, 0.3) is 5.56 Å².